The third-order valence-electron chi connectivity index (χ3n) is 3.79. The van der Waals surface area contributed by atoms with Crippen LogP contribution < -0.4 is 11.1 Å². The van der Waals surface area contributed by atoms with Crippen LogP contribution in [0.4, 0.5) is 29.2 Å². The lowest BCUT2D eigenvalue weighted by molar-refractivity contribution is -0.141. The Bertz CT molecular complexity index is 933. The molecule has 0 amide bonds. The van der Waals surface area contributed by atoms with Crippen molar-refractivity contribution in [3.8, 4) is 11.3 Å². The van der Waals surface area contributed by atoms with Crippen molar-refractivity contribution in [1.29, 1.82) is 0 Å². The third kappa shape index (κ3) is 3.61. The molecule has 0 radical (unpaired) electrons. The molecule has 0 fully saturated rings. The lowest BCUT2D eigenvalue weighted by atomic mass is 10.1. The fourth-order valence-corrected chi connectivity index (χ4v) is 2.48. The monoisotopic (exact) mass is 365 g/mol. The molecule has 3 aromatic rings. The number of rotatable bonds is 4. The zero-order chi connectivity index (χ0) is 18.9. The molecule has 2 aromatic heterocycles. The average Bonchev–Trinajstić information content (AvgIpc) is 2.96. The van der Waals surface area contributed by atoms with Crippen LogP contribution in [-0.2, 0) is 19.8 Å². The quantitative estimate of drug-likeness (QED) is 0.690. The molecular weight excluding hydrogens is 350 g/mol. The second-order valence-electron chi connectivity index (χ2n) is 5.61. The van der Waals surface area contributed by atoms with Gasteiger partial charge in [0.2, 0.25) is 0 Å². The molecule has 0 atom stereocenters. The number of aryl methyl sites for hydroxylation is 1. The van der Waals surface area contributed by atoms with Crippen molar-refractivity contribution in [1.82, 2.24) is 14.8 Å². The van der Waals surface area contributed by atoms with Crippen molar-refractivity contribution in [2.75, 3.05) is 11.1 Å². The molecule has 26 heavy (non-hydrogen) atoms. The Labute approximate surface area is 146 Å². The Morgan fingerprint density at radius 2 is 1.88 bits per heavy atom. The number of hydrogen-bond acceptors (Lipinski definition) is 4. The van der Waals surface area contributed by atoms with Crippen LogP contribution in [0.25, 0.3) is 11.3 Å². The Morgan fingerprint density at radius 3 is 2.50 bits per heavy atom. The van der Waals surface area contributed by atoms with Gasteiger partial charge in [0.1, 0.15) is 17.5 Å². The minimum atomic E-state index is -4.54. The third-order valence-corrected chi connectivity index (χ3v) is 3.79. The summed E-state index contributed by atoms with van der Waals surface area (Å²) in [7, 11) is 1.40. The molecule has 0 spiro atoms. The van der Waals surface area contributed by atoms with Crippen molar-refractivity contribution in [3.05, 3.63) is 59.5 Å². The standard InChI is InChI=1S/C17H15F4N5/c1-26-13(8-14(25-26)17(19,20)21)11-6-7-15(24-16(11)22)23-9-10-4-2-3-5-12(10)18/h2-8H,9H2,1H3,(H3,22,23,24). The van der Waals surface area contributed by atoms with Crippen LogP contribution in [0.5, 0.6) is 0 Å². The molecule has 0 bridgehead atoms. The molecule has 0 aliphatic rings. The first kappa shape index (κ1) is 17.7. The summed E-state index contributed by atoms with van der Waals surface area (Å²) >= 11 is 0. The highest BCUT2D eigenvalue weighted by Crippen LogP contribution is 2.33. The zero-order valence-electron chi connectivity index (χ0n) is 13.7. The number of halogens is 4. The molecule has 2 heterocycles. The van der Waals surface area contributed by atoms with Crippen LogP contribution in [0.3, 0.4) is 0 Å². The highest BCUT2D eigenvalue weighted by Gasteiger charge is 2.34. The fraction of sp³-hybridized carbons (Fsp3) is 0.176. The van der Waals surface area contributed by atoms with Gasteiger partial charge in [0.05, 0.1) is 5.69 Å². The van der Waals surface area contributed by atoms with E-state index >= 15 is 0 Å². The van der Waals surface area contributed by atoms with Crippen molar-refractivity contribution in [2.45, 2.75) is 12.7 Å². The summed E-state index contributed by atoms with van der Waals surface area (Å²) in [6.07, 6.45) is -4.54. The number of nitrogen functional groups attached to an aromatic ring is 1. The molecule has 3 rings (SSSR count). The van der Waals surface area contributed by atoms with Crippen molar-refractivity contribution >= 4 is 11.6 Å². The lowest BCUT2D eigenvalue weighted by Crippen LogP contribution is -2.06. The zero-order valence-corrected chi connectivity index (χ0v) is 13.7. The summed E-state index contributed by atoms with van der Waals surface area (Å²) in [6.45, 7) is 0.197. The van der Waals surface area contributed by atoms with E-state index < -0.39 is 11.9 Å². The van der Waals surface area contributed by atoms with E-state index in [1.165, 1.54) is 13.1 Å². The summed E-state index contributed by atoms with van der Waals surface area (Å²) < 4.78 is 53.1. The highest BCUT2D eigenvalue weighted by atomic mass is 19.4. The Hall–Kier alpha value is -3.10. The molecule has 3 N–H and O–H groups in total. The predicted molar refractivity (Wildman–Crippen MR) is 89.6 cm³/mol. The second kappa shape index (κ2) is 6.66. The minimum absolute atomic E-state index is 0.0419. The maximum atomic E-state index is 13.6. The van der Waals surface area contributed by atoms with Gasteiger partial charge in [0, 0.05) is 24.7 Å². The predicted octanol–water partition coefficient (Wildman–Crippen LogP) is 3.83. The van der Waals surface area contributed by atoms with Gasteiger partial charge in [-0.25, -0.2) is 9.37 Å². The van der Waals surface area contributed by atoms with Gasteiger partial charge in [-0.1, -0.05) is 18.2 Å². The first-order chi connectivity index (χ1) is 12.3. The summed E-state index contributed by atoms with van der Waals surface area (Å²) in [5, 5.41) is 6.39. The van der Waals surface area contributed by atoms with Crippen LogP contribution in [0.2, 0.25) is 0 Å². The average molecular weight is 365 g/mol. The van der Waals surface area contributed by atoms with E-state index in [1.54, 1.807) is 30.3 Å². The molecule has 0 unspecified atom stereocenters. The van der Waals surface area contributed by atoms with Crippen LogP contribution in [0.1, 0.15) is 11.3 Å². The number of nitrogens with zero attached hydrogens (tertiary/aromatic N) is 3. The van der Waals surface area contributed by atoms with Gasteiger partial charge in [-0.15, -0.1) is 0 Å². The van der Waals surface area contributed by atoms with Gasteiger partial charge in [-0.05, 0) is 24.3 Å². The molecule has 9 heteroatoms. The molecule has 5 nitrogen and oxygen atoms in total. The molecule has 1 aromatic carbocycles. The number of anilines is 2. The van der Waals surface area contributed by atoms with E-state index in [2.05, 4.69) is 15.4 Å². The Balaban J connectivity index is 1.82. The topological polar surface area (TPSA) is 68.8 Å². The number of alkyl halides is 3. The van der Waals surface area contributed by atoms with Crippen molar-refractivity contribution in [3.63, 3.8) is 0 Å². The van der Waals surface area contributed by atoms with E-state index in [1.807, 2.05) is 0 Å². The summed E-state index contributed by atoms with van der Waals surface area (Å²) in [6, 6.07) is 10.3. The van der Waals surface area contributed by atoms with Crippen molar-refractivity contribution in [2.24, 2.45) is 7.05 Å². The van der Waals surface area contributed by atoms with E-state index in [9.17, 15) is 17.6 Å². The van der Waals surface area contributed by atoms with Gasteiger partial charge in [-0.2, -0.15) is 18.3 Å². The van der Waals surface area contributed by atoms with E-state index in [0.29, 0.717) is 16.9 Å². The van der Waals surface area contributed by atoms with Gasteiger partial charge in [-0.3, -0.25) is 4.68 Å². The molecule has 136 valence electrons. The maximum absolute atomic E-state index is 13.6. The van der Waals surface area contributed by atoms with Gasteiger partial charge < -0.3 is 11.1 Å². The van der Waals surface area contributed by atoms with Crippen LogP contribution in [0.15, 0.2) is 42.5 Å². The van der Waals surface area contributed by atoms with E-state index in [-0.39, 0.29) is 23.9 Å². The lowest BCUT2D eigenvalue weighted by Gasteiger charge is -2.10. The SMILES string of the molecule is Cn1nc(C(F)(F)F)cc1-c1ccc(NCc2ccccc2F)nc1N. The molecule has 0 saturated carbocycles. The van der Waals surface area contributed by atoms with Crippen LogP contribution in [-0.4, -0.2) is 14.8 Å². The fourth-order valence-electron chi connectivity index (χ4n) is 2.48. The molecule has 0 aliphatic carbocycles. The van der Waals surface area contributed by atoms with Crippen LogP contribution >= 0.6 is 0 Å². The first-order valence-corrected chi connectivity index (χ1v) is 7.61. The molecule has 0 aliphatic heterocycles. The van der Waals surface area contributed by atoms with E-state index in [4.69, 9.17) is 5.73 Å². The first-order valence-electron chi connectivity index (χ1n) is 7.61. The molecule has 0 saturated heterocycles. The van der Waals surface area contributed by atoms with Gasteiger partial charge in [0.25, 0.3) is 0 Å². The number of hydrogen-bond donors (Lipinski definition) is 2. The number of pyridine rings is 1. The number of nitrogens with two attached hydrogens (primary N) is 1. The van der Waals surface area contributed by atoms with Gasteiger partial charge in [0.15, 0.2) is 5.69 Å². The number of benzene rings is 1. The largest absolute Gasteiger partial charge is 0.435 e. The highest BCUT2D eigenvalue weighted by molar-refractivity contribution is 5.73. The second-order valence-corrected chi connectivity index (χ2v) is 5.61. The number of nitrogens with one attached hydrogen (secondary N) is 1. The van der Waals surface area contributed by atoms with Gasteiger partial charge >= 0.3 is 6.18 Å². The summed E-state index contributed by atoms with van der Waals surface area (Å²) in [4.78, 5) is 4.13. The van der Waals surface area contributed by atoms with Crippen LogP contribution in [0, 0.1) is 5.82 Å². The molecular formula is C17H15F4N5. The van der Waals surface area contributed by atoms with Crippen molar-refractivity contribution < 1.29 is 17.6 Å². The Morgan fingerprint density at radius 1 is 1.15 bits per heavy atom. The number of aromatic nitrogens is 3. The Kier molecular flexibility index (Phi) is 4.54. The van der Waals surface area contributed by atoms with E-state index in [0.717, 1.165) is 10.7 Å². The maximum Gasteiger partial charge on any atom is 0.435 e. The minimum Gasteiger partial charge on any atom is -0.383 e. The summed E-state index contributed by atoms with van der Waals surface area (Å²) in [5.41, 5.74) is 5.87. The smallest absolute Gasteiger partial charge is 0.383 e. The normalized spacial score (nSPS) is 11.6. The summed E-state index contributed by atoms with van der Waals surface area (Å²) in [5.74, 6) is 0.0760.